The maximum absolute atomic E-state index is 11.1. The Labute approximate surface area is 152 Å². The molecule has 0 atom stereocenters. The topological polar surface area (TPSA) is 110 Å². The van der Waals surface area contributed by atoms with Crippen LogP contribution in [0.2, 0.25) is 0 Å². The number of sulfonamides is 1. The highest BCUT2D eigenvalue weighted by molar-refractivity contribution is 7.88. The Morgan fingerprint density at radius 1 is 1.04 bits per heavy atom. The van der Waals surface area contributed by atoms with Crippen LogP contribution in [0.1, 0.15) is 5.56 Å². The minimum atomic E-state index is -3.21. The minimum Gasteiger partial charge on any atom is -0.399 e. The normalized spacial score (nSPS) is 11.3. The molecule has 3 rings (SSSR count). The average molecular weight is 369 g/mol. The third-order valence-corrected chi connectivity index (χ3v) is 4.28. The lowest BCUT2D eigenvalue weighted by atomic mass is 10.1. The molecular weight excluding hydrogens is 350 g/mol. The molecule has 8 heteroatoms. The van der Waals surface area contributed by atoms with Crippen molar-refractivity contribution in [1.82, 2.24) is 14.7 Å². The molecule has 0 saturated heterocycles. The highest BCUT2D eigenvalue weighted by atomic mass is 32.2. The van der Waals surface area contributed by atoms with Gasteiger partial charge >= 0.3 is 0 Å². The van der Waals surface area contributed by atoms with Gasteiger partial charge in [-0.05, 0) is 29.8 Å². The maximum Gasteiger partial charge on any atom is 0.209 e. The number of benzene rings is 2. The Hall–Kier alpha value is -2.97. The molecule has 1 aromatic heterocycles. The summed E-state index contributed by atoms with van der Waals surface area (Å²) < 4.78 is 24.7. The van der Waals surface area contributed by atoms with Crippen molar-refractivity contribution < 1.29 is 8.42 Å². The van der Waals surface area contributed by atoms with Gasteiger partial charge in [-0.1, -0.05) is 24.3 Å². The van der Waals surface area contributed by atoms with E-state index in [1.165, 1.54) is 6.33 Å². The summed E-state index contributed by atoms with van der Waals surface area (Å²) in [4.78, 5) is 8.51. The third kappa shape index (κ3) is 5.01. The van der Waals surface area contributed by atoms with Crippen LogP contribution in [0.25, 0.3) is 11.3 Å². The zero-order chi connectivity index (χ0) is 18.6. The van der Waals surface area contributed by atoms with Gasteiger partial charge in [-0.3, -0.25) is 0 Å². The van der Waals surface area contributed by atoms with Crippen LogP contribution in [-0.2, 0) is 16.6 Å². The lowest BCUT2D eigenvalue weighted by molar-refractivity contribution is 0.587. The molecule has 0 bridgehead atoms. The highest BCUT2D eigenvalue weighted by Gasteiger charge is 2.04. The number of hydrogen-bond donors (Lipinski definition) is 3. The second kappa shape index (κ2) is 7.51. The lowest BCUT2D eigenvalue weighted by Gasteiger charge is -2.09. The summed E-state index contributed by atoms with van der Waals surface area (Å²) in [6, 6.07) is 16.8. The van der Waals surface area contributed by atoms with Gasteiger partial charge in [0.15, 0.2) is 0 Å². The summed E-state index contributed by atoms with van der Waals surface area (Å²) in [5, 5.41) is 3.21. The predicted molar refractivity (Wildman–Crippen MR) is 103 cm³/mol. The van der Waals surface area contributed by atoms with E-state index < -0.39 is 10.0 Å². The van der Waals surface area contributed by atoms with Crippen molar-refractivity contribution >= 4 is 27.2 Å². The molecule has 2 aromatic carbocycles. The second-order valence-corrected chi connectivity index (χ2v) is 7.66. The molecule has 7 nitrogen and oxygen atoms in total. The zero-order valence-corrected chi connectivity index (χ0v) is 15.0. The molecule has 0 fully saturated rings. The van der Waals surface area contributed by atoms with Crippen molar-refractivity contribution in [3.63, 3.8) is 0 Å². The second-order valence-electron chi connectivity index (χ2n) is 5.83. The van der Waals surface area contributed by atoms with Crippen LogP contribution in [0.5, 0.6) is 0 Å². The van der Waals surface area contributed by atoms with Crippen LogP contribution in [0.4, 0.5) is 17.2 Å². The van der Waals surface area contributed by atoms with Gasteiger partial charge in [-0.15, -0.1) is 0 Å². The van der Waals surface area contributed by atoms with Crippen molar-refractivity contribution in [3.05, 3.63) is 66.5 Å². The summed E-state index contributed by atoms with van der Waals surface area (Å²) in [7, 11) is -3.21. The molecule has 26 heavy (non-hydrogen) atoms. The van der Waals surface area contributed by atoms with Gasteiger partial charge in [0.25, 0.3) is 0 Å². The molecule has 3 aromatic rings. The Morgan fingerprint density at radius 3 is 2.50 bits per heavy atom. The summed E-state index contributed by atoms with van der Waals surface area (Å²) in [6.07, 6.45) is 2.63. The fraction of sp³-hybridized carbons (Fsp3) is 0.111. The Morgan fingerprint density at radius 2 is 1.81 bits per heavy atom. The first-order valence-corrected chi connectivity index (χ1v) is 9.77. The van der Waals surface area contributed by atoms with Crippen LogP contribution < -0.4 is 15.8 Å². The number of aromatic nitrogens is 2. The van der Waals surface area contributed by atoms with Gasteiger partial charge < -0.3 is 11.1 Å². The zero-order valence-electron chi connectivity index (χ0n) is 14.2. The van der Waals surface area contributed by atoms with E-state index in [0.717, 1.165) is 28.8 Å². The number of nitrogen functional groups attached to an aromatic ring is 1. The molecule has 0 aliphatic heterocycles. The van der Waals surface area contributed by atoms with Crippen LogP contribution in [0.3, 0.4) is 0 Å². The predicted octanol–water partition coefficient (Wildman–Crippen LogP) is 2.52. The van der Waals surface area contributed by atoms with Crippen LogP contribution in [0.15, 0.2) is 60.9 Å². The van der Waals surface area contributed by atoms with E-state index in [-0.39, 0.29) is 6.54 Å². The fourth-order valence-electron chi connectivity index (χ4n) is 2.35. The average Bonchev–Trinajstić information content (AvgIpc) is 2.61. The van der Waals surface area contributed by atoms with E-state index >= 15 is 0 Å². The number of hydrogen-bond acceptors (Lipinski definition) is 6. The van der Waals surface area contributed by atoms with Gasteiger partial charge in [0.05, 0.1) is 11.9 Å². The fourth-order valence-corrected chi connectivity index (χ4v) is 2.78. The van der Waals surface area contributed by atoms with Gasteiger partial charge in [0.1, 0.15) is 12.1 Å². The van der Waals surface area contributed by atoms with Crippen molar-refractivity contribution in [2.24, 2.45) is 0 Å². The molecule has 1 heterocycles. The summed E-state index contributed by atoms with van der Waals surface area (Å²) in [6.45, 7) is 0.256. The number of rotatable bonds is 6. The minimum absolute atomic E-state index is 0.256. The third-order valence-electron chi connectivity index (χ3n) is 3.61. The Bertz CT molecular complexity index is 1000. The highest BCUT2D eigenvalue weighted by Crippen LogP contribution is 2.22. The van der Waals surface area contributed by atoms with Crippen LogP contribution >= 0.6 is 0 Å². The van der Waals surface area contributed by atoms with Gasteiger partial charge in [-0.25, -0.2) is 23.1 Å². The summed E-state index contributed by atoms with van der Waals surface area (Å²) in [5.41, 5.74) is 9.88. The standard InChI is InChI=1S/C18H19N5O2S/c1-26(24,25)22-11-13-5-7-16(8-6-13)23-18-10-17(20-12-21-18)14-3-2-4-15(19)9-14/h2-10,12,22H,11,19H2,1H3,(H,20,21,23). The summed E-state index contributed by atoms with van der Waals surface area (Å²) in [5.74, 6) is 0.652. The Balaban J connectivity index is 1.72. The van der Waals surface area contributed by atoms with E-state index in [9.17, 15) is 8.42 Å². The van der Waals surface area contributed by atoms with Gasteiger partial charge in [0, 0.05) is 29.5 Å². The lowest BCUT2D eigenvalue weighted by Crippen LogP contribution is -2.21. The first kappa shape index (κ1) is 17.8. The molecule has 4 N–H and O–H groups in total. The molecule has 0 radical (unpaired) electrons. The molecule has 0 saturated carbocycles. The van der Waals surface area contributed by atoms with Crippen molar-refractivity contribution in [1.29, 1.82) is 0 Å². The molecule has 134 valence electrons. The first-order valence-electron chi connectivity index (χ1n) is 7.88. The van der Waals surface area contributed by atoms with Crippen molar-refractivity contribution in [2.45, 2.75) is 6.54 Å². The van der Waals surface area contributed by atoms with Crippen molar-refractivity contribution in [2.75, 3.05) is 17.3 Å². The quantitative estimate of drug-likeness (QED) is 0.576. The smallest absolute Gasteiger partial charge is 0.209 e. The molecule has 0 aliphatic carbocycles. The number of nitrogens with one attached hydrogen (secondary N) is 2. The van der Waals surface area contributed by atoms with Crippen LogP contribution in [-0.4, -0.2) is 24.6 Å². The van der Waals surface area contributed by atoms with Gasteiger partial charge in [0.2, 0.25) is 10.0 Å². The van der Waals surface area contributed by atoms with E-state index in [1.807, 2.05) is 54.6 Å². The molecule has 0 spiro atoms. The van der Waals surface area contributed by atoms with E-state index in [2.05, 4.69) is 20.0 Å². The number of nitrogens with zero attached hydrogens (tertiary/aromatic N) is 2. The van der Waals surface area contributed by atoms with Gasteiger partial charge in [-0.2, -0.15) is 0 Å². The molecule has 0 amide bonds. The van der Waals surface area contributed by atoms with E-state index in [4.69, 9.17) is 5.73 Å². The SMILES string of the molecule is CS(=O)(=O)NCc1ccc(Nc2cc(-c3cccc(N)c3)ncn2)cc1. The number of anilines is 3. The van der Waals surface area contributed by atoms with Crippen LogP contribution in [0, 0.1) is 0 Å². The maximum atomic E-state index is 11.1. The first-order chi connectivity index (χ1) is 12.4. The Kier molecular flexibility index (Phi) is 5.15. The summed E-state index contributed by atoms with van der Waals surface area (Å²) >= 11 is 0. The number of nitrogens with two attached hydrogens (primary N) is 1. The van der Waals surface area contributed by atoms with E-state index in [0.29, 0.717) is 11.5 Å². The molecular formula is C18H19N5O2S. The monoisotopic (exact) mass is 369 g/mol. The van der Waals surface area contributed by atoms with Crippen molar-refractivity contribution in [3.8, 4) is 11.3 Å². The molecule has 0 unspecified atom stereocenters. The largest absolute Gasteiger partial charge is 0.399 e. The molecule has 0 aliphatic rings. The van der Waals surface area contributed by atoms with E-state index in [1.54, 1.807) is 0 Å².